The van der Waals surface area contributed by atoms with Gasteiger partial charge in [0.05, 0.1) is 12.9 Å². The quantitative estimate of drug-likeness (QED) is 0.384. The maximum atomic E-state index is 13.0. The van der Waals surface area contributed by atoms with Gasteiger partial charge in [0.25, 0.3) is 11.3 Å². The molecule has 10 heteroatoms. The number of hydrogen-bond donors (Lipinski definition) is 1. The van der Waals surface area contributed by atoms with E-state index in [0.717, 1.165) is 11.8 Å². The predicted molar refractivity (Wildman–Crippen MR) is 105 cm³/mol. The Morgan fingerprint density at radius 2 is 1.86 bits per heavy atom. The maximum Gasteiger partial charge on any atom is 0.279 e. The standard InChI is InChI=1S/C19H14FN5O3S/c1-28-14-8-4-12(5-9-14)16-17(27)21-18-22-23-19(25(18)24-16)29-10-15(26)11-2-6-13(20)7-3-11/h2-9H,10H2,1H3,(H,21,22,27). The number of nitrogens with zero attached hydrogens (tertiary/aromatic N) is 4. The van der Waals surface area contributed by atoms with Crippen molar-refractivity contribution in [3.8, 4) is 17.0 Å². The van der Waals surface area contributed by atoms with Gasteiger partial charge in [-0.05, 0) is 48.5 Å². The van der Waals surface area contributed by atoms with Crippen molar-refractivity contribution in [3.63, 3.8) is 0 Å². The summed E-state index contributed by atoms with van der Waals surface area (Å²) in [7, 11) is 1.56. The summed E-state index contributed by atoms with van der Waals surface area (Å²) in [6.07, 6.45) is 0. The number of thioether (sulfide) groups is 1. The topological polar surface area (TPSA) is 102 Å². The molecule has 146 valence electrons. The largest absolute Gasteiger partial charge is 0.497 e. The summed E-state index contributed by atoms with van der Waals surface area (Å²) >= 11 is 1.12. The molecule has 4 aromatic rings. The zero-order valence-corrected chi connectivity index (χ0v) is 15.9. The third-order valence-electron chi connectivity index (χ3n) is 4.11. The minimum absolute atomic E-state index is 0.0606. The molecule has 0 amide bonds. The van der Waals surface area contributed by atoms with Crippen LogP contribution in [0, 0.1) is 5.82 Å². The number of hydrogen-bond acceptors (Lipinski definition) is 7. The van der Waals surface area contributed by atoms with Crippen LogP contribution in [0.1, 0.15) is 10.4 Å². The molecule has 2 aromatic carbocycles. The van der Waals surface area contributed by atoms with E-state index in [9.17, 15) is 14.0 Å². The van der Waals surface area contributed by atoms with Crippen LogP contribution in [-0.2, 0) is 0 Å². The molecule has 0 aliphatic heterocycles. The van der Waals surface area contributed by atoms with Gasteiger partial charge in [-0.2, -0.15) is 9.61 Å². The monoisotopic (exact) mass is 411 g/mol. The number of rotatable bonds is 6. The van der Waals surface area contributed by atoms with Crippen LogP contribution < -0.4 is 10.3 Å². The zero-order chi connectivity index (χ0) is 20.4. The first-order valence-corrected chi connectivity index (χ1v) is 9.45. The molecule has 8 nitrogen and oxygen atoms in total. The molecule has 0 fully saturated rings. The number of aromatic amines is 1. The van der Waals surface area contributed by atoms with E-state index in [1.54, 1.807) is 31.4 Å². The molecule has 0 saturated heterocycles. The summed E-state index contributed by atoms with van der Waals surface area (Å²) in [4.78, 5) is 27.3. The van der Waals surface area contributed by atoms with Crippen molar-refractivity contribution in [2.45, 2.75) is 5.16 Å². The van der Waals surface area contributed by atoms with E-state index in [0.29, 0.717) is 22.0 Å². The Morgan fingerprint density at radius 3 is 2.55 bits per heavy atom. The number of ether oxygens (including phenoxy) is 1. The number of H-pyrrole nitrogens is 1. The Hall–Kier alpha value is -3.53. The fourth-order valence-corrected chi connectivity index (χ4v) is 3.39. The molecule has 0 bridgehead atoms. The van der Waals surface area contributed by atoms with Crippen molar-refractivity contribution < 1.29 is 13.9 Å². The van der Waals surface area contributed by atoms with Gasteiger partial charge < -0.3 is 4.74 Å². The molecule has 0 aliphatic rings. The van der Waals surface area contributed by atoms with Gasteiger partial charge in [0, 0.05) is 11.1 Å². The van der Waals surface area contributed by atoms with Crippen LogP contribution >= 0.6 is 11.8 Å². The molecule has 0 aliphatic carbocycles. The van der Waals surface area contributed by atoms with Crippen LogP contribution in [0.3, 0.4) is 0 Å². The number of ketones is 1. The van der Waals surface area contributed by atoms with E-state index < -0.39 is 11.4 Å². The van der Waals surface area contributed by atoms with Crippen molar-refractivity contribution in [2.75, 3.05) is 12.9 Å². The van der Waals surface area contributed by atoms with Crippen LogP contribution in [0.15, 0.2) is 58.5 Å². The molecule has 2 heterocycles. The van der Waals surface area contributed by atoms with Crippen molar-refractivity contribution in [3.05, 3.63) is 70.3 Å². The maximum absolute atomic E-state index is 13.0. The van der Waals surface area contributed by atoms with Gasteiger partial charge in [-0.1, -0.05) is 11.8 Å². The van der Waals surface area contributed by atoms with Crippen LogP contribution in [0.5, 0.6) is 5.75 Å². The normalized spacial score (nSPS) is 11.0. The number of nitrogens with one attached hydrogen (secondary N) is 1. The Bertz CT molecular complexity index is 1240. The Balaban J connectivity index is 1.61. The van der Waals surface area contributed by atoms with Gasteiger partial charge >= 0.3 is 0 Å². The lowest BCUT2D eigenvalue weighted by atomic mass is 10.1. The second-order valence-corrected chi connectivity index (χ2v) is 6.91. The number of fused-ring (bicyclic) bond motifs is 1. The summed E-state index contributed by atoms with van der Waals surface area (Å²) < 4.78 is 19.5. The van der Waals surface area contributed by atoms with E-state index in [4.69, 9.17) is 4.74 Å². The van der Waals surface area contributed by atoms with Crippen LogP contribution in [0.25, 0.3) is 17.0 Å². The summed E-state index contributed by atoms with van der Waals surface area (Å²) in [6.45, 7) is 0. The van der Waals surface area contributed by atoms with E-state index in [-0.39, 0.29) is 23.0 Å². The van der Waals surface area contributed by atoms with E-state index >= 15 is 0 Å². The van der Waals surface area contributed by atoms with Gasteiger partial charge in [0.15, 0.2) is 11.5 Å². The molecule has 0 unspecified atom stereocenters. The third-order valence-corrected chi connectivity index (χ3v) is 5.03. The lowest BCUT2D eigenvalue weighted by Crippen LogP contribution is -2.15. The number of methoxy groups -OCH3 is 1. The minimum Gasteiger partial charge on any atom is -0.497 e. The smallest absolute Gasteiger partial charge is 0.279 e. The summed E-state index contributed by atoms with van der Waals surface area (Å²) in [6, 6.07) is 12.2. The Labute approximate surface area is 167 Å². The molecule has 29 heavy (non-hydrogen) atoms. The zero-order valence-electron chi connectivity index (χ0n) is 15.1. The van der Waals surface area contributed by atoms with E-state index in [2.05, 4.69) is 20.3 Å². The van der Waals surface area contributed by atoms with Gasteiger partial charge in [-0.15, -0.1) is 10.2 Å². The third kappa shape index (κ3) is 3.87. The van der Waals surface area contributed by atoms with Crippen molar-refractivity contribution in [2.24, 2.45) is 0 Å². The molecule has 0 atom stereocenters. The molecule has 1 N–H and O–H groups in total. The molecular formula is C19H14FN5O3S. The van der Waals surface area contributed by atoms with Crippen molar-refractivity contribution >= 4 is 23.3 Å². The van der Waals surface area contributed by atoms with Crippen molar-refractivity contribution in [1.29, 1.82) is 0 Å². The fraction of sp³-hybridized carbons (Fsp3) is 0.105. The number of benzene rings is 2. The van der Waals surface area contributed by atoms with Gasteiger partial charge in [0.1, 0.15) is 11.6 Å². The molecule has 2 aromatic heterocycles. The highest BCUT2D eigenvalue weighted by molar-refractivity contribution is 7.99. The Kier molecular flexibility index (Phi) is 5.09. The highest BCUT2D eigenvalue weighted by atomic mass is 32.2. The molecule has 0 radical (unpaired) electrons. The minimum atomic E-state index is -0.408. The summed E-state index contributed by atoms with van der Waals surface area (Å²) in [5.41, 5.74) is 0.773. The Morgan fingerprint density at radius 1 is 1.14 bits per heavy atom. The number of halogens is 1. The van der Waals surface area contributed by atoms with Gasteiger partial charge in [-0.25, -0.2) is 4.39 Å². The first kappa shape index (κ1) is 18.8. The molecule has 0 spiro atoms. The lowest BCUT2D eigenvalue weighted by Gasteiger charge is -2.04. The van der Waals surface area contributed by atoms with Gasteiger partial charge in [0.2, 0.25) is 5.16 Å². The number of carbonyl (C=O) groups is 1. The summed E-state index contributed by atoms with van der Waals surface area (Å²) in [5.74, 6) is 0.295. The SMILES string of the molecule is COc1ccc(-c2nn3c(SCC(=O)c4ccc(F)cc4)nnc3[nH]c2=O)cc1. The number of aromatic nitrogens is 5. The van der Waals surface area contributed by atoms with Crippen LogP contribution in [0.4, 0.5) is 4.39 Å². The number of Topliss-reactive ketones (excluding diaryl/α,β-unsaturated/α-hetero) is 1. The van der Waals surface area contributed by atoms with E-state index in [1.165, 1.54) is 28.8 Å². The molecule has 4 rings (SSSR count). The first-order valence-electron chi connectivity index (χ1n) is 8.47. The average Bonchev–Trinajstić information content (AvgIpc) is 3.13. The second-order valence-electron chi connectivity index (χ2n) is 5.97. The van der Waals surface area contributed by atoms with E-state index in [1.807, 2.05) is 0 Å². The lowest BCUT2D eigenvalue weighted by molar-refractivity contribution is 0.102. The highest BCUT2D eigenvalue weighted by Crippen LogP contribution is 2.20. The van der Waals surface area contributed by atoms with Crippen LogP contribution in [0.2, 0.25) is 0 Å². The fourth-order valence-electron chi connectivity index (χ4n) is 2.62. The van der Waals surface area contributed by atoms with Crippen molar-refractivity contribution in [1.82, 2.24) is 24.8 Å². The first-order chi connectivity index (χ1) is 14.0. The molecule has 0 saturated carbocycles. The van der Waals surface area contributed by atoms with Crippen LogP contribution in [-0.4, -0.2) is 43.4 Å². The second kappa shape index (κ2) is 7.84. The number of carbonyl (C=O) groups excluding carboxylic acids is 1. The average molecular weight is 411 g/mol. The molecular weight excluding hydrogens is 397 g/mol. The highest BCUT2D eigenvalue weighted by Gasteiger charge is 2.15. The summed E-state index contributed by atoms with van der Waals surface area (Å²) in [5, 5.41) is 12.6. The van der Waals surface area contributed by atoms with Gasteiger partial charge in [-0.3, -0.25) is 14.6 Å². The predicted octanol–water partition coefficient (Wildman–Crippen LogP) is 2.60.